The minimum Gasteiger partial charge on any atom is -0.396 e. The minimum absolute atomic E-state index is 0.247. The van der Waals surface area contributed by atoms with Crippen LogP contribution in [0.25, 0.3) is 0 Å². The Kier molecular flexibility index (Phi) is 6.60. The predicted molar refractivity (Wildman–Crippen MR) is 144 cm³/mol. The summed E-state index contributed by atoms with van der Waals surface area (Å²) in [6.45, 7) is 14.1. The van der Waals surface area contributed by atoms with Gasteiger partial charge in [0.1, 0.15) is 0 Å². The topological polar surface area (TPSA) is 80.9 Å². The van der Waals surface area contributed by atoms with Gasteiger partial charge in [-0.3, -0.25) is 0 Å². The molecule has 0 aliphatic heterocycles. The Balaban J connectivity index is 0.000000148. The molecule has 6 aliphatic rings. The van der Waals surface area contributed by atoms with E-state index in [9.17, 15) is 20.4 Å². The van der Waals surface area contributed by atoms with Crippen LogP contribution in [0.15, 0.2) is 0 Å². The number of aliphatic hydroxyl groups excluding tert-OH is 2. The lowest BCUT2D eigenvalue weighted by atomic mass is 9.40. The number of hydrogen-bond donors (Lipinski definition) is 4. The highest BCUT2D eigenvalue weighted by Crippen LogP contribution is 2.74. The van der Waals surface area contributed by atoms with E-state index in [0.29, 0.717) is 35.9 Å². The molecule has 0 unspecified atom stereocenters. The SMILES string of the molecule is C[C@@H]1CC[C@@]23C[C@](C)(O)[C@@H]2C[C@](C)(CCO)C[C@@H]13.C[C@@H]1CC[C@@]23C[C@](C)(O)[C@@H]2C[C@](C)(CCO)C[C@@H]13. The molecule has 6 fully saturated rings. The van der Waals surface area contributed by atoms with Crippen molar-refractivity contribution < 1.29 is 20.4 Å². The van der Waals surface area contributed by atoms with Crippen LogP contribution in [0, 0.1) is 57.2 Å². The third-order valence-corrected chi connectivity index (χ3v) is 13.5. The van der Waals surface area contributed by atoms with Crippen LogP contribution in [0.5, 0.6) is 0 Å². The predicted octanol–water partition coefficient (Wildman–Crippen LogP) is 5.94. The minimum atomic E-state index is -0.445. The van der Waals surface area contributed by atoms with Crippen molar-refractivity contribution in [1.29, 1.82) is 0 Å². The zero-order valence-corrected chi connectivity index (χ0v) is 24.2. The normalized spacial score (nSPS) is 58.8. The van der Waals surface area contributed by atoms with Crippen LogP contribution in [0.3, 0.4) is 0 Å². The Bertz CT molecular complexity index is 770. The van der Waals surface area contributed by atoms with E-state index in [1.165, 1.54) is 38.5 Å². The molecule has 36 heavy (non-hydrogen) atoms. The van der Waals surface area contributed by atoms with Gasteiger partial charge in [0.25, 0.3) is 0 Å². The highest BCUT2D eigenvalue weighted by Gasteiger charge is 2.70. The lowest BCUT2D eigenvalue weighted by molar-refractivity contribution is -0.241. The average Bonchev–Trinajstić information content (AvgIpc) is 3.26. The molecular formula is C32H56O4. The molecule has 0 amide bonds. The third kappa shape index (κ3) is 3.97. The number of hydrogen-bond acceptors (Lipinski definition) is 4. The van der Waals surface area contributed by atoms with Crippen molar-refractivity contribution in [3.05, 3.63) is 0 Å². The van der Waals surface area contributed by atoms with Crippen molar-refractivity contribution in [3.63, 3.8) is 0 Å². The summed E-state index contributed by atoms with van der Waals surface area (Å²) >= 11 is 0. The zero-order valence-electron chi connectivity index (χ0n) is 24.2. The summed E-state index contributed by atoms with van der Waals surface area (Å²) in [5.74, 6) is 4.14. The van der Waals surface area contributed by atoms with Gasteiger partial charge in [0.15, 0.2) is 0 Å². The van der Waals surface area contributed by atoms with E-state index in [4.69, 9.17) is 0 Å². The van der Waals surface area contributed by atoms with Crippen molar-refractivity contribution in [3.8, 4) is 0 Å². The Morgan fingerprint density at radius 3 is 1.28 bits per heavy atom. The molecule has 0 heterocycles. The highest BCUT2D eigenvalue weighted by atomic mass is 16.3. The molecule has 0 bridgehead atoms. The van der Waals surface area contributed by atoms with Crippen molar-refractivity contribution >= 4 is 0 Å². The first-order valence-corrected chi connectivity index (χ1v) is 15.3. The van der Waals surface area contributed by atoms with Crippen molar-refractivity contribution in [2.45, 2.75) is 130 Å². The van der Waals surface area contributed by atoms with Crippen molar-refractivity contribution in [1.82, 2.24) is 0 Å². The zero-order chi connectivity index (χ0) is 26.4. The van der Waals surface area contributed by atoms with Gasteiger partial charge in [0.2, 0.25) is 0 Å². The number of rotatable bonds is 4. The molecule has 0 aromatic carbocycles. The molecule has 4 heteroatoms. The summed E-state index contributed by atoms with van der Waals surface area (Å²) in [4.78, 5) is 0. The van der Waals surface area contributed by atoms with Crippen LogP contribution in [0.2, 0.25) is 0 Å². The number of aliphatic hydroxyl groups is 4. The summed E-state index contributed by atoms with van der Waals surface area (Å²) in [5.41, 5.74) is 0.516. The lowest BCUT2D eigenvalue weighted by Gasteiger charge is -2.67. The molecule has 6 aliphatic carbocycles. The van der Waals surface area contributed by atoms with E-state index in [0.717, 1.165) is 62.2 Å². The van der Waals surface area contributed by atoms with Gasteiger partial charge in [-0.05, 0) is 148 Å². The maximum Gasteiger partial charge on any atom is 0.0658 e. The third-order valence-electron chi connectivity index (χ3n) is 13.5. The summed E-state index contributed by atoms with van der Waals surface area (Å²) in [6.07, 6.45) is 13.9. The van der Waals surface area contributed by atoms with Crippen molar-refractivity contribution in [2.75, 3.05) is 13.2 Å². The quantitative estimate of drug-likeness (QED) is 0.382. The monoisotopic (exact) mass is 504 g/mol. The molecule has 208 valence electrons. The van der Waals surface area contributed by atoms with Crippen LogP contribution in [-0.4, -0.2) is 44.8 Å². The Labute approximate surface area is 220 Å². The Morgan fingerprint density at radius 1 is 0.611 bits per heavy atom. The molecule has 0 saturated heterocycles. The molecule has 0 aromatic heterocycles. The van der Waals surface area contributed by atoms with E-state index < -0.39 is 11.2 Å². The maximum atomic E-state index is 10.6. The molecule has 6 rings (SSSR count). The largest absolute Gasteiger partial charge is 0.396 e. The van der Waals surface area contributed by atoms with Gasteiger partial charge >= 0.3 is 0 Å². The van der Waals surface area contributed by atoms with E-state index >= 15 is 0 Å². The van der Waals surface area contributed by atoms with Gasteiger partial charge in [-0.2, -0.15) is 0 Å². The summed E-state index contributed by atoms with van der Waals surface area (Å²) in [5, 5.41) is 39.8. The average molecular weight is 505 g/mol. The fourth-order valence-corrected chi connectivity index (χ4v) is 11.8. The molecule has 4 nitrogen and oxygen atoms in total. The van der Waals surface area contributed by atoms with Gasteiger partial charge in [0.05, 0.1) is 11.2 Å². The molecule has 0 aromatic rings. The van der Waals surface area contributed by atoms with Crippen LogP contribution >= 0.6 is 0 Å². The second-order valence-electron chi connectivity index (χ2n) is 16.3. The second-order valence-corrected chi connectivity index (χ2v) is 16.3. The first kappa shape index (κ1) is 27.4. The fourth-order valence-electron chi connectivity index (χ4n) is 11.8. The molecule has 2 spiro atoms. The highest BCUT2D eigenvalue weighted by molar-refractivity contribution is 5.20. The first-order chi connectivity index (χ1) is 16.7. The van der Waals surface area contributed by atoms with Crippen LogP contribution in [0.4, 0.5) is 0 Å². The molecule has 6 saturated carbocycles. The van der Waals surface area contributed by atoms with Crippen LogP contribution < -0.4 is 0 Å². The van der Waals surface area contributed by atoms with Crippen molar-refractivity contribution in [2.24, 2.45) is 57.2 Å². The second kappa shape index (κ2) is 8.67. The maximum absolute atomic E-state index is 10.6. The van der Waals surface area contributed by atoms with E-state index in [2.05, 4.69) is 27.7 Å². The lowest BCUT2D eigenvalue weighted by Crippen LogP contribution is -2.65. The fraction of sp³-hybridized carbons (Fsp3) is 1.00. The summed E-state index contributed by atoms with van der Waals surface area (Å²) < 4.78 is 0. The molecule has 12 atom stereocenters. The summed E-state index contributed by atoms with van der Waals surface area (Å²) in [7, 11) is 0. The molecular weight excluding hydrogens is 448 g/mol. The van der Waals surface area contributed by atoms with Crippen LogP contribution in [0.1, 0.15) is 119 Å². The smallest absolute Gasteiger partial charge is 0.0658 e. The Hall–Kier alpha value is -0.160. The van der Waals surface area contributed by atoms with Gasteiger partial charge < -0.3 is 20.4 Å². The van der Waals surface area contributed by atoms with Gasteiger partial charge in [0, 0.05) is 13.2 Å². The van der Waals surface area contributed by atoms with Gasteiger partial charge in [-0.1, -0.05) is 27.7 Å². The van der Waals surface area contributed by atoms with E-state index in [-0.39, 0.29) is 10.8 Å². The first-order valence-electron chi connectivity index (χ1n) is 15.3. The Morgan fingerprint density at radius 2 is 0.972 bits per heavy atom. The van der Waals surface area contributed by atoms with Gasteiger partial charge in [-0.15, -0.1) is 0 Å². The summed E-state index contributed by atoms with van der Waals surface area (Å²) in [6, 6.07) is 0. The van der Waals surface area contributed by atoms with Crippen LogP contribution in [-0.2, 0) is 0 Å². The van der Waals surface area contributed by atoms with E-state index in [1.54, 1.807) is 0 Å². The molecule has 4 N–H and O–H groups in total. The van der Waals surface area contributed by atoms with Gasteiger partial charge in [-0.25, -0.2) is 0 Å². The van der Waals surface area contributed by atoms with E-state index in [1.807, 2.05) is 13.8 Å². The molecule has 0 radical (unpaired) electrons. The standard InChI is InChI=1S/2C16H28O2/c2*1-11-4-5-16-10-15(3,18)13(16)9-14(2,6-7-17)8-12(11)16/h2*11-13,17-18H,4-10H2,1-3H3/t2*11-,12+,13+,14-,15+,16+/m11/s1.